The van der Waals surface area contributed by atoms with Crippen LogP contribution in [-0.2, 0) is 22.3 Å². The van der Waals surface area contributed by atoms with Gasteiger partial charge in [-0.25, -0.2) is 14.8 Å². The van der Waals surface area contributed by atoms with Gasteiger partial charge in [-0.05, 0) is 67.6 Å². The molecule has 2 fully saturated rings. The van der Waals surface area contributed by atoms with Crippen LogP contribution in [0.1, 0.15) is 74.0 Å². The zero-order valence-electron chi connectivity index (χ0n) is 22.2. The topological polar surface area (TPSA) is 104 Å². The third kappa shape index (κ3) is 9.98. The summed E-state index contributed by atoms with van der Waals surface area (Å²) in [5.74, 6) is -2.97. The molecule has 1 heterocycles. The molecule has 0 amide bonds. The molecule has 13 heteroatoms. The van der Waals surface area contributed by atoms with Gasteiger partial charge in [-0.3, -0.25) is 9.69 Å². The van der Waals surface area contributed by atoms with Crippen LogP contribution in [0.4, 0.5) is 26.3 Å². The lowest BCUT2D eigenvalue weighted by Crippen LogP contribution is -2.44. The van der Waals surface area contributed by atoms with Gasteiger partial charge in [-0.2, -0.15) is 26.3 Å². The number of carboxylic acids is 2. The molecule has 2 aliphatic rings. The fourth-order valence-corrected chi connectivity index (χ4v) is 5.88. The Balaban J connectivity index is 0.000000587. The first-order chi connectivity index (χ1) is 19.2. The summed E-state index contributed by atoms with van der Waals surface area (Å²) in [7, 11) is 0. The summed E-state index contributed by atoms with van der Waals surface area (Å²) in [6.45, 7) is 1.61. The van der Waals surface area contributed by atoms with Gasteiger partial charge in [-0.1, -0.05) is 25.0 Å². The number of rotatable bonds is 8. The molecule has 0 bridgehead atoms. The molecule has 0 unspecified atom stereocenters. The third-order valence-electron chi connectivity index (χ3n) is 7.73. The van der Waals surface area contributed by atoms with E-state index in [1.54, 1.807) is 12.1 Å². The summed E-state index contributed by atoms with van der Waals surface area (Å²) in [5, 5.41) is 16.5. The number of carboxylic acid groups (broad SMARTS) is 2. The number of aliphatic carboxylic acids is 2. The molecule has 0 spiro atoms. The van der Waals surface area contributed by atoms with Crippen molar-refractivity contribution in [1.82, 2.24) is 14.9 Å². The highest BCUT2D eigenvalue weighted by Gasteiger charge is 2.39. The lowest BCUT2D eigenvalue weighted by molar-refractivity contribution is -0.192. The summed E-state index contributed by atoms with van der Waals surface area (Å²) in [4.78, 5) is 31.1. The maximum absolute atomic E-state index is 13.2. The zero-order valence-corrected chi connectivity index (χ0v) is 22.2. The molecule has 7 nitrogen and oxygen atoms in total. The zero-order chi connectivity index (χ0) is 30.2. The summed E-state index contributed by atoms with van der Waals surface area (Å²) < 4.78 is 71.2. The van der Waals surface area contributed by atoms with E-state index in [0.717, 1.165) is 42.6 Å². The highest BCUT2D eigenvalue weighted by molar-refractivity contribution is 5.73. The molecule has 0 saturated heterocycles. The van der Waals surface area contributed by atoms with Crippen molar-refractivity contribution in [2.45, 2.75) is 82.2 Å². The van der Waals surface area contributed by atoms with E-state index in [1.807, 2.05) is 12.4 Å². The van der Waals surface area contributed by atoms with Crippen molar-refractivity contribution in [1.29, 1.82) is 0 Å². The Bertz CT molecular complexity index is 1120. The largest absolute Gasteiger partial charge is 0.490 e. The quantitative estimate of drug-likeness (QED) is 0.337. The molecular formula is C28H33F6N3O4. The number of aromatic nitrogens is 2. The summed E-state index contributed by atoms with van der Waals surface area (Å²) in [6.07, 6.45) is 2.93. The second-order valence-electron chi connectivity index (χ2n) is 10.7. The fourth-order valence-electron chi connectivity index (χ4n) is 5.88. The standard InChI is InChI=1S/C26H32F3N3O2.C2HF3O2/c27-26(28,29)22-8-6-21(7-9-22)23-11-19(12-25(33)34)5-10-24(23)32(15-18-3-1-2-4-18)16-20-13-30-17-31-14-20;3-2(4,5)1(6)7/h6-9,13-14,17-19,23-24H,1-5,10-12,15-16H2,(H,33,34);(H,6,7)/t19-,23+,24-;/m1./s1. The minimum Gasteiger partial charge on any atom is -0.481 e. The second kappa shape index (κ2) is 14.1. The van der Waals surface area contributed by atoms with Gasteiger partial charge in [0.1, 0.15) is 6.33 Å². The van der Waals surface area contributed by atoms with E-state index in [1.165, 1.54) is 32.0 Å². The van der Waals surface area contributed by atoms with E-state index in [-0.39, 0.29) is 24.3 Å². The van der Waals surface area contributed by atoms with Crippen molar-refractivity contribution >= 4 is 11.9 Å². The monoisotopic (exact) mass is 589 g/mol. The van der Waals surface area contributed by atoms with Gasteiger partial charge in [-0.15, -0.1) is 0 Å². The van der Waals surface area contributed by atoms with Crippen molar-refractivity contribution in [3.63, 3.8) is 0 Å². The molecule has 226 valence electrons. The van der Waals surface area contributed by atoms with E-state index in [4.69, 9.17) is 9.90 Å². The minimum atomic E-state index is -5.08. The van der Waals surface area contributed by atoms with Crippen molar-refractivity contribution in [2.24, 2.45) is 11.8 Å². The van der Waals surface area contributed by atoms with Crippen LogP contribution in [0.25, 0.3) is 0 Å². The third-order valence-corrected chi connectivity index (χ3v) is 7.73. The Labute approximate surface area is 233 Å². The van der Waals surface area contributed by atoms with E-state index in [2.05, 4.69) is 14.9 Å². The Hall–Kier alpha value is -3.22. The number of halogens is 6. The van der Waals surface area contributed by atoms with Crippen molar-refractivity contribution < 1.29 is 46.1 Å². The molecule has 4 rings (SSSR count). The van der Waals surface area contributed by atoms with E-state index < -0.39 is 29.9 Å². The van der Waals surface area contributed by atoms with Gasteiger partial charge in [0.2, 0.25) is 0 Å². The van der Waals surface area contributed by atoms with Gasteiger partial charge in [0, 0.05) is 43.5 Å². The Morgan fingerprint density at radius 2 is 1.46 bits per heavy atom. The normalized spacial score (nSPS) is 21.8. The van der Waals surface area contributed by atoms with Crippen molar-refractivity contribution in [2.75, 3.05) is 6.54 Å². The molecule has 41 heavy (non-hydrogen) atoms. The smallest absolute Gasteiger partial charge is 0.481 e. The fraction of sp³-hybridized carbons (Fsp3) is 0.571. The van der Waals surface area contributed by atoms with Crippen LogP contribution in [0, 0.1) is 11.8 Å². The predicted octanol–water partition coefficient (Wildman–Crippen LogP) is 6.55. The highest BCUT2D eigenvalue weighted by atomic mass is 19.4. The summed E-state index contributed by atoms with van der Waals surface area (Å²) in [5.41, 5.74) is 1.21. The number of nitrogens with zero attached hydrogens (tertiary/aromatic N) is 3. The van der Waals surface area contributed by atoms with Gasteiger partial charge >= 0.3 is 24.3 Å². The molecule has 1 aromatic heterocycles. The molecular weight excluding hydrogens is 556 g/mol. The second-order valence-corrected chi connectivity index (χ2v) is 10.7. The number of hydrogen-bond acceptors (Lipinski definition) is 5. The molecule has 3 atom stereocenters. The van der Waals surface area contributed by atoms with Crippen LogP contribution in [-0.4, -0.2) is 55.8 Å². The van der Waals surface area contributed by atoms with Gasteiger partial charge in [0.05, 0.1) is 5.56 Å². The molecule has 2 N–H and O–H groups in total. The van der Waals surface area contributed by atoms with Gasteiger partial charge in [0.25, 0.3) is 0 Å². The van der Waals surface area contributed by atoms with E-state index in [9.17, 15) is 36.2 Å². The number of alkyl halides is 6. The Morgan fingerprint density at radius 3 is 1.98 bits per heavy atom. The van der Waals surface area contributed by atoms with Crippen LogP contribution >= 0.6 is 0 Å². The van der Waals surface area contributed by atoms with Gasteiger partial charge < -0.3 is 10.2 Å². The molecule has 0 radical (unpaired) electrons. The molecule has 2 saturated carbocycles. The maximum atomic E-state index is 13.2. The van der Waals surface area contributed by atoms with Crippen LogP contribution in [0.3, 0.4) is 0 Å². The molecule has 2 aromatic rings. The lowest BCUT2D eigenvalue weighted by atomic mass is 9.72. The average Bonchev–Trinajstić information content (AvgIpc) is 3.41. The molecule has 0 aliphatic heterocycles. The first kappa shape index (κ1) is 32.3. The van der Waals surface area contributed by atoms with Crippen LogP contribution in [0.2, 0.25) is 0 Å². The van der Waals surface area contributed by atoms with Crippen molar-refractivity contribution in [3.8, 4) is 0 Å². The maximum Gasteiger partial charge on any atom is 0.490 e. The van der Waals surface area contributed by atoms with Gasteiger partial charge in [0.15, 0.2) is 0 Å². The van der Waals surface area contributed by atoms with E-state index in [0.29, 0.717) is 18.9 Å². The summed E-state index contributed by atoms with van der Waals surface area (Å²) in [6, 6.07) is 5.60. The molecule has 1 aromatic carbocycles. The van der Waals surface area contributed by atoms with Crippen LogP contribution in [0.5, 0.6) is 0 Å². The lowest BCUT2D eigenvalue weighted by Gasteiger charge is -2.43. The first-order valence-electron chi connectivity index (χ1n) is 13.4. The number of benzene rings is 1. The molecule has 2 aliphatic carbocycles. The first-order valence-corrected chi connectivity index (χ1v) is 13.4. The number of hydrogen-bond donors (Lipinski definition) is 2. The number of carbonyl (C=O) groups is 2. The Kier molecular flexibility index (Phi) is 11.1. The summed E-state index contributed by atoms with van der Waals surface area (Å²) >= 11 is 0. The van der Waals surface area contributed by atoms with Crippen LogP contribution in [0.15, 0.2) is 43.0 Å². The van der Waals surface area contributed by atoms with E-state index >= 15 is 0 Å². The predicted molar refractivity (Wildman–Crippen MR) is 136 cm³/mol. The highest BCUT2D eigenvalue weighted by Crippen LogP contribution is 2.42. The van der Waals surface area contributed by atoms with Crippen molar-refractivity contribution in [3.05, 3.63) is 59.7 Å². The SMILES string of the molecule is O=C(O)C(F)(F)F.O=C(O)C[C@@H]1CC[C@@H](N(Cc2cncnc2)CC2CCCC2)[C@H](c2ccc(C(F)(F)F)cc2)C1. The minimum absolute atomic E-state index is 0.0218. The van der Waals surface area contributed by atoms with Crippen LogP contribution < -0.4 is 0 Å². The Morgan fingerprint density at radius 1 is 0.878 bits per heavy atom. The average molecular weight is 590 g/mol.